The fourth-order valence-corrected chi connectivity index (χ4v) is 5.19. The second-order valence-corrected chi connectivity index (χ2v) is 12.5. The van der Waals surface area contributed by atoms with Crippen LogP contribution in [0, 0.1) is 0 Å². The number of allylic oxidation sites excluding steroid dienone is 4. The van der Waals surface area contributed by atoms with E-state index in [-0.39, 0.29) is 30.9 Å². The minimum Gasteiger partial charge on any atom is -0.458 e. The summed E-state index contributed by atoms with van der Waals surface area (Å²) in [6.07, 6.45) is 41.4. The smallest absolute Gasteiger partial charge is 0.306 e. The van der Waals surface area contributed by atoms with Gasteiger partial charge in [0, 0.05) is 12.8 Å². The Morgan fingerprint density at radius 1 is 0.386 bits per heavy atom. The van der Waals surface area contributed by atoms with E-state index in [0.29, 0.717) is 12.8 Å². The molecule has 0 aromatic carbocycles. The monoisotopic (exact) mass is 619 g/mol. The first kappa shape index (κ1) is 42.1. The molecule has 0 saturated heterocycles. The molecule has 0 aliphatic heterocycles. The first-order chi connectivity index (χ1) is 21.6. The lowest BCUT2D eigenvalue weighted by Gasteiger charge is -2.06. The zero-order chi connectivity index (χ0) is 32.2. The topological polar surface area (TPSA) is 69.7 Å². The summed E-state index contributed by atoms with van der Waals surface area (Å²) < 4.78 is 10.1. The molecule has 0 aromatic rings. The Hall–Kier alpha value is -1.91. The number of ketones is 1. The van der Waals surface area contributed by atoms with E-state index in [1.54, 1.807) is 0 Å². The lowest BCUT2D eigenvalue weighted by atomic mass is 10.1. The van der Waals surface area contributed by atoms with Gasteiger partial charge in [0.2, 0.25) is 5.78 Å². The second-order valence-electron chi connectivity index (χ2n) is 12.5. The number of rotatable bonds is 34. The van der Waals surface area contributed by atoms with Crippen molar-refractivity contribution in [3.8, 4) is 0 Å². The summed E-state index contributed by atoms with van der Waals surface area (Å²) in [6, 6.07) is 0. The van der Waals surface area contributed by atoms with Gasteiger partial charge in [0.15, 0.2) is 13.2 Å². The molecule has 44 heavy (non-hydrogen) atoms. The summed E-state index contributed by atoms with van der Waals surface area (Å²) in [5.41, 5.74) is 0. The normalized spacial score (nSPS) is 11.5. The SMILES string of the molecule is CCCCCCCCC=CCCCCCCCC(=O)OCC(=O)COC(=O)CCCCCCCC=CCCCCCCCC. The quantitative estimate of drug-likeness (QED) is 0.0407. The van der Waals surface area contributed by atoms with Crippen LogP contribution in [0.15, 0.2) is 24.3 Å². The summed E-state index contributed by atoms with van der Waals surface area (Å²) in [5.74, 6) is -1.08. The number of carbonyl (C=O) groups is 3. The molecule has 5 heteroatoms. The molecule has 0 aliphatic carbocycles. The third kappa shape index (κ3) is 34.6. The van der Waals surface area contributed by atoms with Gasteiger partial charge in [-0.3, -0.25) is 14.4 Å². The molecule has 0 saturated carbocycles. The number of hydrogen-bond donors (Lipinski definition) is 0. The van der Waals surface area contributed by atoms with Crippen molar-refractivity contribution in [3.05, 3.63) is 24.3 Å². The highest BCUT2D eigenvalue weighted by atomic mass is 16.6. The molecule has 0 unspecified atom stereocenters. The lowest BCUT2D eigenvalue weighted by Crippen LogP contribution is -2.20. The van der Waals surface area contributed by atoms with Crippen molar-refractivity contribution in [2.45, 2.75) is 194 Å². The van der Waals surface area contributed by atoms with Gasteiger partial charge in [-0.2, -0.15) is 0 Å². The molecule has 0 radical (unpaired) electrons. The summed E-state index contributed by atoms with van der Waals surface area (Å²) in [6.45, 7) is 3.88. The Morgan fingerprint density at radius 2 is 0.659 bits per heavy atom. The van der Waals surface area contributed by atoms with Crippen LogP contribution in [-0.2, 0) is 23.9 Å². The van der Waals surface area contributed by atoms with E-state index in [0.717, 1.165) is 51.4 Å². The average molecular weight is 619 g/mol. The Balaban J connectivity index is 3.46. The molecule has 0 bridgehead atoms. The van der Waals surface area contributed by atoms with Gasteiger partial charge in [-0.15, -0.1) is 0 Å². The molecule has 0 spiro atoms. The zero-order valence-corrected chi connectivity index (χ0v) is 29.1. The van der Waals surface area contributed by atoms with Crippen molar-refractivity contribution in [1.82, 2.24) is 0 Å². The minimum absolute atomic E-state index is 0.315. The van der Waals surface area contributed by atoms with Gasteiger partial charge in [0.05, 0.1) is 0 Å². The third-order valence-corrected chi connectivity index (χ3v) is 8.07. The molecule has 5 nitrogen and oxygen atoms in total. The van der Waals surface area contributed by atoms with E-state index in [1.165, 1.54) is 116 Å². The predicted octanol–water partition coefficient (Wildman–Crippen LogP) is 11.7. The van der Waals surface area contributed by atoms with Crippen LogP contribution < -0.4 is 0 Å². The van der Waals surface area contributed by atoms with Crippen LogP contribution in [0.2, 0.25) is 0 Å². The molecule has 0 aromatic heterocycles. The molecule has 0 rings (SSSR count). The van der Waals surface area contributed by atoms with E-state index in [2.05, 4.69) is 38.2 Å². The summed E-state index contributed by atoms with van der Waals surface area (Å²) in [5, 5.41) is 0. The Morgan fingerprint density at radius 3 is 0.977 bits per heavy atom. The number of Topliss-reactive ketones (excluding diaryl/α,β-unsaturated/α-hetero) is 1. The fraction of sp³-hybridized carbons (Fsp3) is 0.821. The summed E-state index contributed by atoms with van der Waals surface area (Å²) in [4.78, 5) is 35.7. The predicted molar refractivity (Wildman–Crippen MR) is 186 cm³/mol. The van der Waals surface area contributed by atoms with Crippen molar-refractivity contribution in [3.63, 3.8) is 0 Å². The average Bonchev–Trinajstić information content (AvgIpc) is 3.02. The molecule has 256 valence electrons. The van der Waals surface area contributed by atoms with Crippen LogP contribution >= 0.6 is 0 Å². The first-order valence-corrected chi connectivity index (χ1v) is 18.7. The molecule has 0 amide bonds. The first-order valence-electron chi connectivity index (χ1n) is 18.7. The van der Waals surface area contributed by atoms with Crippen molar-refractivity contribution >= 4 is 17.7 Å². The maximum atomic E-state index is 11.9. The highest BCUT2D eigenvalue weighted by Crippen LogP contribution is 2.12. The number of esters is 2. The van der Waals surface area contributed by atoms with E-state index in [1.807, 2.05) is 0 Å². The van der Waals surface area contributed by atoms with Crippen molar-refractivity contribution < 1.29 is 23.9 Å². The van der Waals surface area contributed by atoms with Gasteiger partial charge in [0.1, 0.15) is 0 Å². The maximum Gasteiger partial charge on any atom is 0.306 e. The summed E-state index contributed by atoms with van der Waals surface area (Å²) >= 11 is 0. The minimum atomic E-state index is -0.374. The van der Waals surface area contributed by atoms with Crippen LogP contribution in [0.3, 0.4) is 0 Å². The van der Waals surface area contributed by atoms with Crippen LogP contribution in [-0.4, -0.2) is 30.9 Å². The van der Waals surface area contributed by atoms with Gasteiger partial charge >= 0.3 is 11.9 Å². The lowest BCUT2D eigenvalue weighted by molar-refractivity contribution is -0.153. The zero-order valence-electron chi connectivity index (χ0n) is 29.1. The third-order valence-electron chi connectivity index (χ3n) is 8.07. The van der Waals surface area contributed by atoms with E-state index >= 15 is 0 Å². The fourth-order valence-electron chi connectivity index (χ4n) is 5.19. The molecule has 0 atom stereocenters. The van der Waals surface area contributed by atoms with Crippen LogP contribution in [0.25, 0.3) is 0 Å². The Bertz CT molecular complexity index is 653. The van der Waals surface area contributed by atoms with Gasteiger partial charge < -0.3 is 9.47 Å². The van der Waals surface area contributed by atoms with Gasteiger partial charge in [-0.1, -0.05) is 141 Å². The molecule has 0 aliphatic rings. The van der Waals surface area contributed by atoms with Crippen LogP contribution in [0.5, 0.6) is 0 Å². The molecule has 0 heterocycles. The van der Waals surface area contributed by atoms with E-state index < -0.39 is 0 Å². The summed E-state index contributed by atoms with van der Waals surface area (Å²) in [7, 11) is 0. The highest BCUT2D eigenvalue weighted by molar-refractivity contribution is 5.85. The van der Waals surface area contributed by atoms with Gasteiger partial charge in [0.25, 0.3) is 0 Å². The number of unbranched alkanes of at least 4 members (excludes halogenated alkanes) is 22. The largest absolute Gasteiger partial charge is 0.458 e. The molecule has 0 fully saturated rings. The van der Waals surface area contributed by atoms with Crippen molar-refractivity contribution in [2.24, 2.45) is 0 Å². The second kappa shape index (κ2) is 35.6. The molecular weight excluding hydrogens is 548 g/mol. The van der Waals surface area contributed by atoms with Gasteiger partial charge in [-0.05, 0) is 64.2 Å². The van der Waals surface area contributed by atoms with Crippen molar-refractivity contribution in [2.75, 3.05) is 13.2 Å². The Labute approximate surface area is 272 Å². The van der Waals surface area contributed by atoms with Crippen LogP contribution in [0.1, 0.15) is 194 Å². The molecule has 0 N–H and O–H groups in total. The highest BCUT2D eigenvalue weighted by Gasteiger charge is 2.11. The maximum absolute atomic E-state index is 11.9. The number of carbonyl (C=O) groups excluding carboxylic acids is 3. The van der Waals surface area contributed by atoms with E-state index in [4.69, 9.17) is 9.47 Å². The van der Waals surface area contributed by atoms with Crippen molar-refractivity contribution in [1.29, 1.82) is 0 Å². The number of hydrogen-bond acceptors (Lipinski definition) is 5. The van der Waals surface area contributed by atoms with Crippen LogP contribution in [0.4, 0.5) is 0 Å². The molecular formula is C39H70O5. The van der Waals surface area contributed by atoms with E-state index in [9.17, 15) is 14.4 Å². The Kier molecular flexibility index (Phi) is 34.0. The standard InChI is InChI=1S/C39H70O5/c1-3-5-7-9-11-13-15-17-19-21-23-25-27-29-31-33-38(41)43-35-37(40)36-44-39(42)34-32-30-28-26-24-22-20-18-16-14-12-10-8-6-4-2/h17-20H,3-16,21-36H2,1-2H3. The van der Waals surface area contributed by atoms with Gasteiger partial charge in [-0.25, -0.2) is 0 Å². The number of ether oxygens (including phenoxy) is 2.